The highest BCUT2D eigenvalue weighted by molar-refractivity contribution is 5.49. The van der Waals surface area contributed by atoms with Crippen molar-refractivity contribution < 1.29 is 4.74 Å². The summed E-state index contributed by atoms with van der Waals surface area (Å²) in [5.74, 6) is 1.73. The van der Waals surface area contributed by atoms with Gasteiger partial charge in [0.1, 0.15) is 12.4 Å². The van der Waals surface area contributed by atoms with Gasteiger partial charge in [-0.05, 0) is 37.9 Å². The van der Waals surface area contributed by atoms with Gasteiger partial charge in [0.25, 0.3) is 0 Å². The molecule has 112 valence electrons. The maximum atomic E-state index is 6.01. The largest absolute Gasteiger partial charge is 0.492 e. The van der Waals surface area contributed by atoms with Gasteiger partial charge in [-0.3, -0.25) is 0 Å². The number of hydrogen-bond acceptors (Lipinski definition) is 3. The number of rotatable bonds is 6. The third-order valence-electron chi connectivity index (χ3n) is 4.35. The number of likely N-dealkylation sites (N-methyl/N-ethyl adjacent to an activating group) is 1. The minimum absolute atomic E-state index is 0.471. The molecule has 1 aromatic rings. The molecule has 0 bridgehead atoms. The number of ether oxygens (including phenoxy) is 1. The van der Waals surface area contributed by atoms with Crippen LogP contribution in [0.1, 0.15) is 32.1 Å². The molecular formula is C17H28N2O. The number of nitrogens with zero attached hydrogens (tertiary/aromatic N) is 1. The van der Waals surface area contributed by atoms with Crippen LogP contribution in [0.15, 0.2) is 24.3 Å². The molecule has 1 unspecified atom stereocenters. The zero-order chi connectivity index (χ0) is 14.4. The van der Waals surface area contributed by atoms with Crippen LogP contribution in [-0.2, 0) is 0 Å². The van der Waals surface area contributed by atoms with Crippen LogP contribution in [0.2, 0.25) is 0 Å². The third-order valence-corrected chi connectivity index (χ3v) is 4.35. The van der Waals surface area contributed by atoms with E-state index in [1.807, 2.05) is 6.07 Å². The summed E-state index contributed by atoms with van der Waals surface area (Å²) in [6.45, 7) is 0.762. The van der Waals surface area contributed by atoms with Crippen LogP contribution >= 0.6 is 0 Å². The van der Waals surface area contributed by atoms with Gasteiger partial charge in [-0.2, -0.15) is 0 Å². The van der Waals surface area contributed by atoms with Gasteiger partial charge >= 0.3 is 0 Å². The predicted molar refractivity (Wildman–Crippen MR) is 85.7 cm³/mol. The number of nitrogens with one attached hydrogen (secondary N) is 1. The molecule has 0 radical (unpaired) electrons. The molecule has 3 heteroatoms. The molecule has 0 amide bonds. The molecule has 0 aromatic heterocycles. The normalized spacial score (nSPS) is 17.8. The van der Waals surface area contributed by atoms with Crippen molar-refractivity contribution in [1.29, 1.82) is 0 Å². The van der Waals surface area contributed by atoms with Crippen LogP contribution < -0.4 is 15.0 Å². The van der Waals surface area contributed by atoms with E-state index in [9.17, 15) is 0 Å². The summed E-state index contributed by atoms with van der Waals surface area (Å²) in [7, 11) is 6.16. The Morgan fingerprint density at radius 2 is 2.00 bits per heavy atom. The molecule has 1 saturated carbocycles. The second-order valence-electron chi connectivity index (χ2n) is 6.00. The molecule has 0 saturated heterocycles. The van der Waals surface area contributed by atoms with E-state index in [-0.39, 0.29) is 0 Å². The molecule has 0 spiro atoms. The highest BCUT2D eigenvalue weighted by Gasteiger charge is 2.22. The van der Waals surface area contributed by atoms with E-state index in [0.29, 0.717) is 6.04 Å². The van der Waals surface area contributed by atoms with Crippen molar-refractivity contribution in [2.45, 2.75) is 38.1 Å². The summed E-state index contributed by atoms with van der Waals surface area (Å²) in [5.41, 5.74) is 1.18. The second kappa shape index (κ2) is 7.53. The minimum atomic E-state index is 0.471. The molecule has 1 aromatic carbocycles. The lowest BCUT2D eigenvalue weighted by Crippen LogP contribution is -2.39. The van der Waals surface area contributed by atoms with Gasteiger partial charge in [-0.15, -0.1) is 0 Å². The molecular weight excluding hydrogens is 248 g/mol. The lowest BCUT2D eigenvalue weighted by atomic mass is 9.84. The lowest BCUT2D eigenvalue weighted by Gasteiger charge is -2.30. The Labute approximate surface area is 123 Å². The van der Waals surface area contributed by atoms with E-state index < -0.39 is 0 Å². The van der Waals surface area contributed by atoms with Crippen molar-refractivity contribution in [1.82, 2.24) is 5.32 Å². The van der Waals surface area contributed by atoms with Crippen LogP contribution in [0.4, 0.5) is 5.69 Å². The van der Waals surface area contributed by atoms with Crippen molar-refractivity contribution in [2.75, 3.05) is 32.6 Å². The summed E-state index contributed by atoms with van der Waals surface area (Å²) in [6, 6.07) is 8.77. The Hall–Kier alpha value is -1.22. The van der Waals surface area contributed by atoms with E-state index >= 15 is 0 Å². The quantitative estimate of drug-likeness (QED) is 0.863. The second-order valence-corrected chi connectivity index (χ2v) is 6.00. The summed E-state index contributed by atoms with van der Waals surface area (Å²) in [6.07, 6.45) is 6.83. The lowest BCUT2D eigenvalue weighted by molar-refractivity contribution is 0.192. The summed E-state index contributed by atoms with van der Waals surface area (Å²) >= 11 is 0. The number of anilines is 1. The molecule has 3 nitrogen and oxygen atoms in total. The average Bonchev–Trinajstić information content (AvgIpc) is 2.49. The van der Waals surface area contributed by atoms with Gasteiger partial charge in [0.15, 0.2) is 0 Å². The fraction of sp³-hybridized carbons (Fsp3) is 0.647. The first-order valence-corrected chi connectivity index (χ1v) is 7.78. The van der Waals surface area contributed by atoms with Crippen molar-refractivity contribution in [3.05, 3.63) is 24.3 Å². The zero-order valence-electron chi connectivity index (χ0n) is 13.1. The van der Waals surface area contributed by atoms with Gasteiger partial charge in [0.2, 0.25) is 0 Å². The van der Waals surface area contributed by atoms with E-state index in [2.05, 4.69) is 49.6 Å². The van der Waals surface area contributed by atoms with Gasteiger partial charge in [0, 0.05) is 31.9 Å². The van der Waals surface area contributed by atoms with Crippen LogP contribution in [-0.4, -0.2) is 33.8 Å². The van der Waals surface area contributed by atoms with E-state index in [0.717, 1.165) is 18.3 Å². The van der Waals surface area contributed by atoms with Gasteiger partial charge in [-0.1, -0.05) is 25.3 Å². The zero-order valence-corrected chi connectivity index (χ0v) is 13.1. The smallest absolute Gasteiger partial charge is 0.121 e. The highest BCUT2D eigenvalue weighted by atomic mass is 16.5. The number of hydrogen-bond donors (Lipinski definition) is 1. The molecule has 1 aliphatic carbocycles. The molecule has 1 N–H and O–H groups in total. The average molecular weight is 276 g/mol. The molecule has 2 rings (SSSR count). The SMILES string of the molecule is CNC(COc1cccc(N(C)C)c1)C1CCCCC1. The molecule has 1 atom stereocenters. The molecule has 0 aliphatic heterocycles. The monoisotopic (exact) mass is 276 g/mol. The molecule has 20 heavy (non-hydrogen) atoms. The fourth-order valence-corrected chi connectivity index (χ4v) is 3.03. The fourth-order valence-electron chi connectivity index (χ4n) is 3.03. The topological polar surface area (TPSA) is 24.5 Å². The van der Waals surface area contributed by atoms with Gasteiger partial charge in [-0.25, -0.2) is 0 Å². The first kappa shape index (κ1) is 15.2. The van der Waals surface area contributed by atoms with Crippen molar-refractivity contribution in [3.8, 4) is 5.75 Å². The maximum absolute atomic E-state index is 6.01. The number of benzene rings is 1. The maximum Gasteiger partial charge on any atom is 0.121 e. The third kappa shape index (κ3) is 4.14. The van der Waals surface area contributed by atoms with Crippen LogP contribution in [0.25, 0.3) is 0 Å². The summed E-state index contributed by atoms with van der Waals surface area (Å²) in [4.78, 5) is 2.10. The first-order chi connectivity index (χ1) is 9.70. The summed E-state index contributed by atoms with van der Waals surface area (Å²) < 4.78 is 6.01. The van der Waals surface area contributed by atoms with Crippen molar-refractivity contribution in [3.63, 3.8) is 0 Å². The van der Waals surface area contributed by atoms with E-state index in [1.165, 1.54) is 37.8 Å². The van der Waals surface area contributed by atoms with Crippen LogP contribution in [0.5, 0.6) is 5.75 Å². The Kier molecular flexibility index (Phi) is 5.72. The Bertz CT molecular complexity index is 400. The van der Waals surface area contributed by atoms with Crippen LogP contribution in [0.3, 0.4) is 0 Å². The first-order valence-electron chi connectivity index (χ1n) is 7.78. The standard InChI is InChI=1S/C17H28N2O/c1-18-17(14-8-5-4-6-9-14)13-20-16-11-7-10-15(12-16)19(2)3/h7,10-12,14,17-18H,4-6,8-9,13H2,1-3H3. The molecule has 1 fully saturated rings. The van der Waals surface area contributed by atoms with Crippen molar-refractivity contribution in [2.24, 2.45) is 5.92 Å². The minimum Gasteiger partial charge on any atom is -0.492 e. The van der Waals surface area contributed by atoms with Crippen LogP contribution in [0, 0.1) is 5.92 Å². The van der Waals surface area contributed by atoms with Gasteiger partial charge in [0.05, 0.1) is 0 Å². The predicted octanol–water partition coefficient (Wildman–Crippen LogP) is 3.30. The van der Waals surface area contributed by atoms with E-state index in [1.54, 1.807) is 0 Å². The van der Waals surface area contributed by atoms with Gasteiger partial charge < -0.3 is 15.0 Å². The highest BCUT2D eigenvalue weighted by Crippen LogP contribution is 2.27. The Balaban J connectivity index is 1.90. The molecule has 1 aliphatic rings. The summed E-state index contributed by atoms with van der Waals surface area (Å²) in [5, 5.41) is 3.44. The van der Waals surface area contributed by atoms with Crippen molar-refractivity contribution >= 4 is 5.69 Å². The molecule has 0 heterocycles. The Morgan fingerprint density at radius 3 is 2.65 bits per heavy atom. The van der Waals surface area contributed by atoms with E-state index in [4.69, 9.17) is 4.74 Å². The Morgan fingerprint density at radius 1 is 1.25 bits per heavy atom.